The van der Waals surface area contributed by atoms with Gasteiger partial charge in [0.05, 0.1) is 11.0 Å². The molecule has 0 saturated heterocycles. The van der Waals surface area contributed by atoms with Gasteiger partial charge in [-0.05, 0) is 62.4 Å². The van der Waals surface area contributed by atoms with Gasteiger partial charge in [0.1, 0.15) is 11.2 Å². The lowest BCUT2D eigenvalue weighted by atomic mass is 9.93. The van der Waals surface area contributed by atoms with Gasteiger partial charge in [0.2, 0.25) is 0 Å². The van der Waals surface area contributed by atoms with E-state index in [1.54, 1.807) is 12.4 Å². The predicted molar refractivity (Wildman–Crippen MR) is 204 cm³/mol. The van der Waals surface area contributed by atoms with Crippen molar-refractivity contribution in [3.8, 4) is 44.5 Å². The highest BCUT2D eigenvalue weighted by molar-refractivity contribution is 6.23. The molecule has 3 heteroatoms. The van der Waals surface area contributed by atoms with E-state index in [1.165, 1.54) is 21.9 Å². The molecule has 0 amide bonds. The molecule has 2 heterocycles. The van der Waals surface area contributed by atoms with Crippen LogP contribution in [0.3, 0.4) is 0 Å². The molecule has 0 fully saturated rings. The minimum atomic E-state index is 0.908. The lowest BCUT2D eigenvalue weighted by Crippen LogP contribution is -1.89. The molecule has 0 bridgehead atoms. The van der Waals surface area contributed by atoms with Gasteiger partial charge in [0, 0.05) is 45.1 Å². The zero-order chi connectivity index (χ0) is 32.3. The lowest BCUT2D eigenvalue weighted by molar-refractivity contribution is 0.671. The number of aromatic nitrogens is 2. The van der Waals surface area contributed by atoms with E-state index < -0.39 is 0 Å². The summed E-state index contributed by atoms with van der Waals surface area (Å²) in [5.41, 5.74) is 12.8. The highest BCUT2D eigenvalue weighted by Crippen LogP contribution is 2.43. The normalized spacial score (nSPS) is 11.7. The molecule has 0 aliphatic carbocycles. The summed E-state index contributed by atoms with van der Waals surface area (Å²) in [6.45, 7) is 0. The second kappa shape index (κ2) is 11.0. The minimum Gasteiger partial charge on any atom is -0.455 e. The first-order chi connectivity index (χ1) is 24.3. The summed E-state index contributed by atoms with van der Waals surface area (Å²) in [6, 6.07) is 56.1. The van der Waals surface area contributed by atoms with Gasteiger partial charge in [-0.15, -0.1) is 0 Å². The van der Waals surface area contributed by atoms with Crippen LogP contribution in [0.1, 0.15) is 0 Å². The van der Waals surface area contributed by atoms with Crippen molar-refractivity contribution < 1.29 is 4.42 Å². The summed E-state index contributed by atoms with van der Waals surface area (Å²) in [7, 11) is 0. The number of fused-ring (bicyclic) bond motifs is 9. The van der Waals surface area contributed by atoms with Gasteiger partial charge < -0.3 is 4.42 Å². The maximum absolute atomic E-state index is 6.78. The third-order valence-electron chi connectivity index (χ3n) is 9.76. The molecule has 0 radical (unpaired) electrons. The van der Waals surface area contributed by atoms with E-state index in [0.717, 1.165) is 77.1 Å². The van der Waals surface area contributed by atoms with E-state index in [0.29, 0.717) is 0 Å². The molecule has 10 aromatic rings. The van der Waals surface area contributed by atoms with Crippen molar-refractivity contribution in [3.63, 3.8) is 0 Å². The van der Waals surface area contributed by atoms with Crippen LogP contribution in [0, 0.1) is 0 Å². The molecule has 0 N–H and O–H groups in total. The molecular weight excluding hydrogens is 597 g/mol. The smallest absolute Gasteiger partial charge is 0.143 e. The summed E-state index contributed by atoms with van der Waals surface area (Å²) >= 11 is 0. The van der Waals surface area contributed by atoms with Crippen molar-refractivity contribution in [2.75, 3.05) is 0 Å². The lowest BCUT2D eigenvalue weighted by Gasteiger charge is -2.11. The second-order valence-electron chi connectivity index (χ2n) is 12.6. The number of benzene rings is 8. The van der Waals surface area contributed by atoms with Crippen molar-refractivity contribution in [1.82, 2.24) is 9.97 Å². The van der Waals surface area contributed by atoms with Gasteiger partial charge in [0.15, 0.2) is 0 Å². The highest BCUT2D eigenvalue weighted by atomic mass is 16.3. The van der Waals surface area contributed by atoms with Crippen LogP contribution >= 0.6 is 0 Å². The molecule has 0 unspecified atom stereocenters. The van der Waals surface area contributed by atoms with E-state index in [4.69, 9.17) is 9.40 Å². The zero-order valence-corrected chi connectivity index (χ0v) is 26.5. The largest absolute Gasteiger partial charge is 0.455 e. The Balaban J connectivity index is 1.12. The van der Waals surface area contributed by atoms with Crippen LogP contribution in [0.2, 0.25) is 0 Å². The van der Waals surface area contributed by atoms with Gasteiger partial charge in [-0.2, -0.15) is 0 Å². The summed E-state index contributed by atoms with van der Waals surface area (Å²) in [5, 5.41) is 6.85. The number of hydrogen-bond donors (Lipinski definition) is 0. The average Bonchev–Trinajstić information content (AvgIpc) is 3.57. The van der Waals surface area contributed by atoms with Crippen LogP contribution in [-0.4, -0.2) is 9.97 Å². The third-order valence-corrected chi connectivity index (χ3v) is 9.76. The van der Waals surface area contributed by atoms with Crippen LogP contribution in [0.15, 0.2) is 175 Å². The number of hydrogen-bond acceptors (Lipinski definition) is 3. The van der Waals surface area contributed by atoms with Crippen LogP contribution in [-0.2, 0) is 0 Å². The zero-order valence-electron chi connectivity index (χ0n) is 26.5. The Bertz CT molecular complexity index is 2820. The molecule has 8 aromatic carbocycles. The summed E-state index contributed by atoms with van der Waals surface area (Å²) in [5.74, 6) is 0. The molecule has 0 atom stereocenters. The van der Waals surface area contributed by atoms with Gasteiger partial charge in [-0.3, -0.25) is 9.97 Å². The van der Waals surface area contributed by atoms with Crippen molar-refractivity contribution in [2.45, 2.75) is 0 Å². The Morgan fingerprint density at radius 3 is 1.55 bits per heavy atom. The molecular formula is C46H28N2O. The molecule has 2 aromatic heterocycles. The molecule has 49 heavy (non-hydrogen) atoms. The molecule has 0 aliphatic heterocycles. The monoisotopic (exact) mass is 624 g/mol. The van der Waals surface area contributed by atoms with E-state index >= 15 is 0 Å². The maximum atomic E-state index is 6.78. The van der Waals surface area contributed by atoms with Crippen molar-refractivity contribution in [2.24, 2.45) is 0 Å². The molecule has 3 nitrogen and oxygen atoms in total. The fourth-order valence-electron chi connectivity index (χ4n) is 7.41. The predicted octanol–water partition coefficient (Wildman–Crippen LogP) is 12.5. The van der Waals surface area contributed by atoms with E-state index in [1.807, 2.05) is 6.07 Å². The topological polar surface area (TPSA) is 38.9 Å². The standard InChI is InChI=1S/C46H28N2O/c1-3-10-31(11-4-1)35-16-9-17-39-42-28-34(27-40(46(42)49-45(35)39)32-12-5-2-6-13-32)30-20-18-29(19-21-30)33-22-23-38-41(26-33)36-14-7-8-15-37(36)43-44(38)48-25-24-47-43/h1-28H. The van der Waals surface area contributed by atoms with Crippen molar-refractivity contribution >= 4 is 54.5 Å². The van der Waals surface area contributed by atoms with E-state index in [-0.39, 0.29) is 0 Å². The van der Waals surface area contributed by atoms with Crippen molar-refractivity contribution in [1.29, 1.82) is 0 Å². The van der Waals surface area contributed by atoms with E-state index in [2.05, 4.69) is 157 Å². The maximum Gasteiger partial charge on any atom is 0.143 e. The first-order valence-electron chi connectivity index (χ1n) is 16.6. The number of rotatable bonds is 4. The SMILES string of the molecule is c1ccc(-c2cccc3c2oc2c(-c4ccccc4)cc(-c4ccc(-c5ccc6c(c5)c5ccccc5c5nccnc65)cc4)cc23)cc1. The fourth-order valence-corrected chi connectivity index (χ4v) is 7.41. The third kappa shape index (κ3) is 4.44. The summed E-state index contributed by atoms with van der Waals surface area (Å²) in [4.78, 5) is 9.41. The molecule has 10 rings (SSSR count). The molecule has 228 valence electrons. The van der Waals surface area contributed by atoms with Crippen molar-refractivity contribution in [3.05, 3.63) is 170 Å². The highest BCUT2D eigenvalue weighted by Gasteiger charge is 2.18. The van der Waals surface area contributed by atoms with Crippen LogP contribution in [0.25, 0.3) is 99.0 Å². The molecule has 0 spiro atoms. The molecule has 0 aliphatic rings. The Morgan fingerprint density at radius 2 is 0.837 bits per heavy atom. The number of para-hydroxylation sites is 1. The van der Waals surface area contributed by atoms with Crippen LogP contribution in [0.5, 0.6) is 0 Å². The summed E-state index contributed by atoms with van der Waals surface area (Å²) in [6.07, 6.45) is 3.55. The Labute approximate surface area is 282 Å². The van der Waals surface area contributed by atoms with E-state index in [9.17, 15) is 0 Å². The fraction of sp³-hybridized carbons (Fsp3) is 0. The van der Waals surface area contributed by atoms with Crippen LogP contribution < -0.4 is 0 Å². The van der Waals surface area contributed by atoms with Gasteiger partial charge in [-0.1, -0.05) is 140 Å². The van der Waals surface area contributed by atoms with Crippen LogP contribution in [0.4, 0.5) is 0 Å². The van der Waals surface area contributed by atoms with Gasteiger partial charge in [-0.25, -0.2) is 0 Å². The minimum absolute atomic E-state index is 0.908. The molecule has 0 saturated carbocycles. The first-order valence-corrected chi connectivity index (χ1v) is 16.6. The second-order valence-corrected chi connectivity index (χ2v) is 12.6. The Kier molecular flexibility index (Phi) is 6.18. The first kappa shape index (κ1) is 27.5. The average molecular weight is 625 g/mol. The number of nitrogens with zero attached hydrogens (tertiary/aromatic N) is 2. The Morgan fingerprint density at radius 1 is 0.306 bits per heavy atom. The van der Waals surface area contributed by atoms with Gasteiger partial charge >= 0.3 is 0 Å². The quantitative estimate of drug-likeness (QED) is 0.183. The summed E-state index contributed by atoms with van der Waals surface area (Å²) < 4.78 is 6.78. The number of furan rings is 1. The van der Waals surface area contributed by atoms with Gasteiger partial charge in [0.25, 0.3) is 0 Å². The Hall–Kier alpha value is -6.58.